The van der Waals surface area contributed by atoms with E-state index in [2.05, 4.69) is 35.4 Å². The number of carbonyl (C=O) groups is 2. The molecule has 7 heteroatoms. The van der Waals surface area contributed by atoms with Gasteiger partial charge in [0.2, 0.25) is 0 Å². The summed E-state index contributed by atoms with van der Waals surface area (Å²) in [4.78, 5) is 33.3. The summed E-state index contributed by atoms with van der Waals surface area (Å²) in [5.41, 5.74) is 3.06. The summed E-state index contributed by atoms with van der Waals surface area (Å²) in [6.07, 6.45) is 1.35. The van der Waals surface area contributed by atoms with Crippen molar-refractivity contribution in [2.45, 2.75) is 38.8 Å². The molecule has 3 aromatic rings. The van der Waals surface area contributed by atoms with E-state index in [0.29, 0.717) is 13.0 Å². The fraction of sp³-hybridized carbons (Fsp3) is 0.364. The summed E-state index contributed by atoms with van der Waals surface area (Å²) in [5.74, 6) is -0.399. The lowest BCUT2D eigenvalue weighted by Crippen LogP contribution is -2.54. The number of esters is 1. The number of nitrogens with one attached hydrogen (secondary N) is 2. The van der Waals surface area contributed by atoms with Gasteiger partial charge in [0, 0.05) is 39.3 Å². The summed E-state index contributed by atoms with van der Waals surface area (Å²) in [7, 11) is 1.37. The molecule has 0 spiro atoms. The largest absolute Gasteiger partial charge is 0.467 e. The summed E-state index contributed by atoms with van der Waals surface area (Å²) in [6, 6.07) is 10.9. The fourth-order valence-corrected chi connectivity index (χ4v) is 5.19. The Hall–Kier alpha value is -2.80. The van der Waals surface area contributed by atoms with E-state index in [1.54, 1.807) is 16.2 Å². The SMILES string of the molecule is CCNC(=O)N1[C@@H](c2ccc(CC)s2)c2[nH]c3ccccc3c2C[C@H]1C(=O)OC. The number of aromatic nitrogens is 1. The van der Waals surface area contributed by atoms with Crippen LogP contribution in [0.5, 0.6) is 0 Å². The van der Waals surface area contributed by atoms with Crippen LogP contribution in [0.4, 0.5) is 4.79 Å². The van der Waals surface area contributed by atoms with E-state index in [0.717, 1.165) is 33.5 Å². The molecule has 152 valence electrons. The molecule has 1 aliphatic rings. The highest BCUT2D eigenvalue weighted by atomic mass is 32.1. The Morgan fingerprint density at radius 2 is 2.03 bits per heavy atom. The normalized spacial score (nSPS) is 18.5. The predicted octanol–water partition coefficient (Wildman–Crippen LogP) is 4.01. The number of thiophene rings is 1. The van der Waals surface area contributed by atoms with Crippen LogP contribution >= 0.6 is 11.3 Å². The van der Waals surface area contributed by atoms with Crippen molar-refractivity contribution in [3.63, 3.8) is 0 Å². The number of H-pyrrole nitrogens is 1. The minimum Gasteiger partial charge on any atom is -0.467 e. The minimum atomic E-state index is -0.685. The van der Waals surface area contributed by atoms with Crippen molar-refractivity contribution in [2.24, 2.45) is 0 Å². The van der Waals surface area contributed by atoms with Crippen LogP contribution in [0.25, 0.3) is 10.9 Å². The molecule has 2 amide bonds. The first-order valence-corrected chi connectivity index (χ1v) is 10.7. The van der Waals surface area contributed by atoms with Gasteiger partial charge in [0.25, 0.3) is 0 Å². The van der Waals surface area contributed by atoms with E-state index in [9.17, 15) is 9.59 Å². The highest BCUT2D eigenvalue weighted by Gasteiger charge is 2.44. The molecule has 2 N–H and O–H groups in total. The molecule has 3 heterocycles. The topological polar surface area (TPSA) is 74.4 Å². The van der Waals surface area contributed by atoms with Gasteiger partial charge in [-0.05, 0) is 37.1 Å². The fourth-order valence-electron chi connectivity index (χ4n) is 4.13. The van der Waals surface area contributed by atoms with E-state index in [-0.39, 0.29) is 12.1 Å². The molecule has 0 saturated carbocycles. The van der Waals surface area contributed by atoms with Gasteiger partial charge in [0.15, 0.2) is 0 Å². The first kappa shape index (κ1) is 19.5. The second-order valence-electron chi connectivity index (χ2n) is 7.11. The molecule has 0 fully saturated rings. The van der Waals surface area contributed by atoms with Gasteiger partial charge in [0.1, 0.15) is 12.1 Å². The molecule has 0 saturated heterocycles. The van der Waals surface area contributed by atoms with Gasteiger partial charge in [-0.15, -0.1) is 11.3 Å². The summed E-state index contributed by atoms with van der Waals surface area (Å²) < 4.78 is 5.10. The lowest BCUT2D eigenvalue weighted by molar-refractivity contribution is -0.146. The van der Waals surface area contributed by atoms with Gasteiger partial charge in [-0.3, -0.25) is 4.90 Å². The zero-order valence-corrected chi connectivity index (χ0v) is 17.6. The Balaban J connectivity index is 1.94. The second kappa shape index (κ2) is 7.91. The molecule has 0 bridgehead atoms. The Bertz CT molecular complexity index is 1050. The molecule has 29 heavy (non-hydrogen) atoms. The molecule has 2 atom stereocenters. The summed E-state index contributed by atoms with van der Waals surface area (Å²) in [5, 5.41) is 3.97. The number of nitrogens with zero attached hydrogens (tertiary/aromatic N) is 1. The van der Waals surface area contributed by atoms with Crippen LogP contribution in [-0.2, 0) is 22.4 Å². The number of aryl methyl sites for hydroxylation is 1. The molecule has 1 aromatic carbocycles. The Kier molecular flexibility index (Phi) is 5.32. The van der Waals surface area contributed by atoms with Crippen molar-refractivity contribution in [1.82, 2.24) is 15.2 Å². The van der Waals surface area contributed by atoms with E-state index >= 15 is 0 Å². The number of ether oxygens (including phenoxy) is 1. The van der Waals surface area contributed by atoms with Crippen molar-refractivity contribution in [3.8, 4) is 0 Å². The van der Waals surface area contributed by atoms with Crippen LogP contribution in [0.3, 0.4) is 0 Å². The van der Waals surface area contributed by atoms with Gasteiger partial charge < -0.3 is 15.0 Å². The summed E-state index contributed by atoms with van der Waals surface area (Å²) >= 11 is 1.68. The highest BCUT2D eigenvalue weighted by molar-refractivity contribution is 7.12. The maximum Gasteiger partial charge on any atom is 0.329 e. The number of carbonyl (C=O) groups excluding carboxylic acids is 2. The van der Waals surface area contributed by atoms with Crippen LogP contribution in [0.1, 0.15) is 40.9 Å². The Morgan fingerprint density at radius 3 is 2.72 bits per heavy atom. The van der Waals surface area contributed by atoms with Crippen molar-refractivity contribution in [2.75, 3.05) is 13.7 Å². The number of hydrogen-bond donors (Lipinski definition) is 2. The molecule has 1 aliphatic heterocycles. The zero-order valence-electron chi connectivity index (χ0n) is 16.8. The molecule has 4 rings (SSSR count). The number of hydrogen-bond acceptors (Lipinski definition) is 4. The third-order valence-electron chi connectivity index (χ3n) is 5.47. The maximum absolute atomic E-state index is 13.1. The minimum absolute atomic E-state index is 0.261. The van der Waals surface area contributed by atoms with Crippen LogP contribution in [0.2, 0.25) is 0 Å². The monoisotopic (exact) mass is 411 g/mol. The average molecular weight is 412 g/mol. The van der Waals surface area contributed by atoms with E-state index in [4.69, 9.17) is 4.74 Å². The smallest absolute Gasteiger partial charge is 0.329 e. The van der Waals surface area contributed by atoms with Crippen molar-refractivity contribution in [1.29, 1.82) is 0 Å². The number of amides is 2. The third-order valence-corrected chi connectivity index (χ3v) is 6.75. The molecule has 0 radical (unpaired) electrons. The van der Waals surface area contributed by atoms with Gasteiger partial charge >= 0.3 is 12.0 Å². The lowest BCUT2D eigenvalue weighted by Gasteiger charge is -2.40. The Labute approximate surface area is 173 Å². The van der Waals surface area contributed by atoms with Gasteiger partial charge in [-0.1, -0.05) is 25.1 Å². The van der Waals surface area contributed by atoms with Gasteiger partial charge in [-0.2, -0.15) is 0 Å². The lowest BCUT2D eigenvalue weighted by atomic mass is 9.91. The first-order chi connectivity index (χ1) is 14.1. The van der Waals surface area contributed by atoms with E-state index in [1.807, 2.05) is 25.1 Å². The molecule has 0 unspecified atom stereocenters. The van der Waals surface area contributed by atoms with Crippen LogP contribution in [0, 0.1) is 0 Å². The van der Waals surface area contributed by atoms with Gasteiger partial charge in [0.05, 0.1) is 7.11 Å². The predicted molar refractivity (Wildman–Crippen MR) is 114 cm³/mol. The number of aromatic amines is 1. The quantitative estimate of drug-likeness (QED) is 0.637. The van der Waals surface area contributed by atoms with Crippen molar-refractivity contribution in [3.05, 3.63) is 57.4 Å². The number of rotatable bonds is 4. The van der Waals surface area contributed by atoms with E-state index in [1.165, 1.54) is 12.0 Å². The van der Waals surface area contributed by atoms with Crippen molar-refractivity contribution >= 4 is 34.2 Å². The Morgan fingerprint density at radius 1 is 1.24 bits per heavy atom. The van der Waals surface area contributed by atoms with Crippen molar-refractivity contribution < 1.29 is 14.3 Å². The molecule has 6 nitrogen and oxygen atoms in total. The third kappa shape index (κ3) is 3.29. The average Bonchev–Trinajstić information content (AvgIpc) is 3.36. The highest BCUT2D eigenvalue weighted by Crippen LogP contribution is 2.43. The zero-order chi connectivity index (χ0) is 20.5. The second-order valence-corrected chi connectivity index (χ2v) is 8.31. The number of para-hydroxylation sites is 1. The first-order valence-electron chi connectivity index (χ1n) is 9.91. The molecule has 2 aromatic heterocycles. The number of urea groups is 1. The number of benzene rings is 1. The number of fused-ring (bicyclic) bond motifs is 3. The van der Waals surface area contributed by atoms with Crippen LogP contribution < -0.4 is 5.32 Å². The molecular weight excluding hydrogens is 386 g/mol. The number of methoxy groups -OCH3 is 1. The van der Waals surface area contributed by atoms with Crippen LogP contribution in [0.15, 0.2) is 36.4 Å². The standard InChI is InChI=1S/C22H25N3O3S/c1-4-13-10-11-18(29-13)20-19-15(14-8-6-7-9-16(14)24-19)12-17(21(26)28-3)25(20)22(27)23-5-2/h6-11,17,20,24H,4-5,12H2,1-3H3,(H,23,27)/t17-,20-/m0/s1. The van der Waals surface area contributed by atoms with Crippen LogP contribution in [-0.4, -0.2) is 41.6 Å². The maximum atomic E-state index is 13.1. The van der Waals surface area contributed by atoms with E-state index < -0.39 is 12.0 Å². The molecule has 0 aliphatic carbocycles. The molecular formula is C22H25N3O3S. The van der Waals surface area contributed by atoms with Gasteiger partial charge in [-0.25, -0.2) is 9.59 Å². The summed E-state index contributed by atoms with van der Waals surface area (Å²) in [6.45, 7) is 4.47.